The molecule has 6 nitrogen and oxygen atoms in total. The average Bonchev–Trinajstić information content (AvgIpc) is 2.95. The van der Waals surface area contributed by atoms with E-state index in [-0.39, 0.29) is 6.10 Å². The van der Waals surface area contributed by atoms with E-state index in [1.54, 1.807) is 25.3 Å². The Morgan fingerprint density at radius 2 is 2.33 bits per heavy atom. The van der Waals surface area contributed by atoms with Gasteiger partial charge < -0.3 is 14.0 Å². The van der Waals surface area contributed by atoms with Gasteiger partial charge in [-0.25, -0.2) is 0 Å². The van der Waals surface area contributed by atoms with E-state index in [9.17, 15) is 5.11 Å². The van der Waals surface area contributed by atoms with E-state index in [0.29, 0.717) is 24.0 Å². The highest BCUT2D eigenvalue weighted by Gasteiger charge is 2.12. The summed E-state index contributed by atoms with van der Waals surface area (Å²) in [7, 11) is 1.94. The fraction of sp³-hybridized carbons (Fsp3) is 0.500. The normalized spacial score (nSPS) is 13.1. The highest BCUT2D eigenvalue weighted by atomic mass is 16.5. The Labute approximate surface area is 105 Å². The lowest BCUT2D eigenvalue weighted by molar-refractivity contribution is 0.158. The number of aliphatic hydroxyl groups is 1. The summed E-state index contributed by atoms with van der Waals surface area (Å²) in [6.07, 6.45) is 1.99. The molecule has 1 atom stereocenters. The monoisotopic (exact) mass is 251 g/mol. The molecule has 6 heteroatoms. The first-order chi connectivity index (χ1) is 8.65. The molecule has 0 bridgehead atoms. The lowest BCUT2D eigenvalue weighted by Crippen LogP contribution is -2.22. The Kier molecular flexibility index (Phi) is 4.11. The van der Waals surface area contributed by atoms with Crippen molar-refractivity contribution in [2.45, 2.75) is 26.0 Å². The van der Waals surface area contributed by atoms with Crippen LogP contribution in [0, 0.1) is 0 Å². The fourth-order valence-electron chi connectivity index (χ4n) is 1.54. The van der Waals surface area contributed by atoms with Crippen molar-refractivity contribution in [2.24, 2.45) is 0 Å². The van der Waals surface area contributed by atoms with Crippen molar-refractivity contribution in [1.82, 2.24) is 15.0 Å². The van der Waals surface area contributed by atoms with Crippen LogP contribution in [0.15, 0.2) is 27.3 Å². The second-order valence-electron chi connectivity index (χ2n) is 4.36. The smallest absolute Gasteiger partial charge is 0.241 e. The average molecular weight is 251 g/mol. The zero-order valence-electron chi connectivity index (χ0n) is 10.5. The van der Waals surface area contributed by atoms with Gasteiger partial charge in [-0.1, -0.05) is 5.16 Å². The minimum Gasteiger partial charge on any atom is -0.461 e. The number of rotatable bonds is 6. The molecule has 98 valence electrons. The topological polar surface area (TPSA) is 75.5 Å². The SMILES string of the molecule is CC(O)CCN(C)Cc1nc(-c2ccco2)no1. The largest absolute Gasteiger partial charge is 0.461 e. The van der Waals surface area contributed by atoms with Crippen LogP contribution in [-0.2, 0) is 6.54 Å². The fourth-order valence-corrected chi connectivity index (χ4v) is 1.54. The summed E-state index contributed by atoms with van der Waals surface area (Å²) in [4.78, 5) is 6.26. The maximum Gasteiger partial charge on any atom is 0.241 e. The van der Waals surface area contributed by atoms with Crippen molar-refractivity contribution in [2.75, 3.05) is 13.6 Å². The second-order valence-corrected chi connectivity index (χ2v) is 4.36. The minimum absolute atomic E-state index is 0.297. The molecule has 1 N–H and O–H groups in total. The summed E-state index contributed by atoms with van der Waals surface area (Å²) in [5.41, 5.74) is 0. The van der Waals surface area contributed by atoms with E-state index in [1.807, 2.05) is 11.9 Å². The molecule has 2 aromatic heterocycles. The molecule has 2 aromatic rings. The van der Waals surface area contributed by atoms with Crippen LogP contribution < -0.4 is 0 Å². The number of aromatic nitrogens is 2. The molecule has 0 aromatic carbocycles. The Morgan fingerprint density at radius 1 is 1.50 bits per heavy atom. The van der Waals surface area contributed by atoms with Gasteiger partial charge in [-0.15, -0.1) is 0 Å². The Morgan fingerprint density at radius 3 is 3.00 bits per heavy atom. The first-order valence-corrected chi connectivity index (χ1v) is 5.88. The van der Waals surface area contributed by atoms with Gasteiger partial charge in [-0.3, -0.25) is 4.90 Å². The molecule has 0 radical (unpaired) electrons. The lowest BCUT2D eigenvalue weighted by atomic mass is 10.3. The number of hydrogen-bond acceptors (Lipinski definition) is 6. The van der Waals surface area contributed by atoms with Crippen molar-refractivity contribution in [3.8, 4) is 11.6 Å². The maximum atomic E-state index is 9.21. The van der Waals surface area contributed by atoms with Gasteiger partial charge in [0.15, 0.2) is 5.76 Å². The Balaban J connectivity index is 1.90. The summed E-state index contributed by atoms with van der Waals surface area (Å²) >= 11 is 0. The molecule has 0 fully saturated rings. The molecule has 0 amide bonds. The van der Waals surface area contributed by atoms with Crippen molar-refractivity contribution in [1.29, 1.82) is 0 Å². The van der Waals surface area contributed by atoms with Crippen LogP contribution in [0.1, 0.15) is 19.2 Å². The Bertz CT molecular complexity index is 465. The lowest BCUT2D eigenvalue weighted by Gasteiger charge is -2.14. The maximum absolute atomic E-state index is 9.21. The molecule has 0 saturated carbocycles. The molecule has 0 spiro atoms. The molecular weight excluding hydrogens is 234 g/mol. The van der Waals surface area contributed by atoms with Crippen LogP contribution in [0.2, 0.25) is 0 Å². The summed E-state index contributed by atoms with van der Waals surface area (Å²) < 4.78 is 10.3. The van der Waals surface area contributed by atoms with Gasteiger partial charge in [0, 0.05) is 6.54 Å². The summed E-state index contributed by atoms with van der Waals surface area (Å²) in [5, 5.41) is 13.1. The highest BCUT2D eigenvalue weighted by Crippen LogP contribution is 2.16. The van der Waals surface area contributed by atoms with Crippen molar-refractivity contribution in [3.63, 3.8) is 0 Å². The van der Waals surface area contributed by atoms with E-state index in [1.165, 1.54) is 0 Å². The summed E-state index contributed by atoms with van der Waals surface area (Å²) in [6.45, 7) is 3.10. The van der Waals surface area contributed by atoms with Gasteiger partial charge in [0.05, 0.1) is 18.9 Å². The van der Waals surface area contributed by atoms with E-state index >= 15 is 0 Å². The minimum atomic E-state index is -0.297. The second kappa shape index (κ2) is 5.79. The van der Waals surface area contributed by atoms with Crippen LogP contribution >= 0.6 is 0 Å². The van der Waals surface area contributed by atoms with E-state index in [4.69, 9.17) is 8.94 Å². The number of aliphatic hydroxyl groups excluding tert-OH is 1. The van der Waals surface area contributed by atoms with Crippen LogP contribution in [0.5, 0.6) is 0 Å². The number of nitrogens with zero attached hydrogens (tertiary/aromatic N) is 3. The van der Waals surface area contributed by atoms with Crippen LogP contribution in [-0.4, -0.2) is 39.8 Å². The highest BCUT2D eigenvalue weighted by molar-refractivity contribution is 5.44. The van der Waals surface area contributed by atoms with Crippen molar-refractivity contribution >= 4 is 0 Å². The molecule has 2 heterocycles. The quantitative estimate of drug-likeness (QED) is 0.839. The predicted octanol–water partition coefficient (Wildman–Crippen LogP) is 1.53. The predicted molar refractivity (Wildman–Crippen MR) is 64.6 cm³/mol. The van der Waals surface area contributed by atoms with E-state index < -0.39 is 0 Å². The van der Waals surface area contributed by atoms with Gasteiger partial charge >= 0.3 is 0 Å². The zero-order chi connectivity index (χ0) is 13.0. The molecular formula is C12H17N3O3. The molecule has 0 saturated heterocycles. The molecule has 1 unspecified atom stereocenters. The first kappa shape index (κ1) is 12.8. The van der Waals surface area contributed by atoms with Crippen LogP contribution in [0.25, 0.3) is 11.6 Å². The third-order valence-corrected chi connectivity index (χ3v) is 2.54. The first-order valence-electron chi connectivity index (χ1n) is 5.88. The van der Waals surface area contributed by atoms with Crippen LogP contribution in [0.3, 0.4) is 0 Å². The van der Waals surface area contributed by atoms with Crippen molar-refractivity contribution < 1.29 is 14.0 Å². The van der Waals surface area contributed by atoms with Gasteiger partial charge in [0.2, 0.25) is 11.7 Å². The number of furan rings is 1. The van der Waals surface area contributed by atoms with E-state index in [0.717, 1.165) is 13.0 Å². The van der Waals surface area contributed by atoms with Crippen molar-refractivity contribution in [3.05, 3.63) is 24.3 Å². The molecule has 0 aliphatic carbocycles. The Hall–Kier alpha value is -1.66. The summed E-state index contributed by atoms with van der Waals surface area (Å²) in [5.74, 6) is 1.59. The molecule has 18 heavy (non-hydrogen) atoms. The zero-order valence-corrected chi connectivity index (χ0v) is 10.5. The van der Waals surface area contributed by atoms with Crippen LogP contribution in [0.4, 0.5) is 0 Å². The standard InChI is InChI=1S/C12H17N3O3/c1-9(16)5-6-15(2)8-11-13-12(14-18-11)10-4-3-7-17-10/h3-4,7,9,16H,5-6,8H2,1-2H3. The number of hydrogen-bond donors (Lipinski definition) is 1. The summed E-state index contributed by atoms with van der Waals surface area (Å²) in [6, 6.07) is 3.56. The van der Waals surface area contributed by atoms with Gasteiger partial charge in [0.25, 0.3) is 0 Å². The molecule has 2 rings (SSSR count). The van der Waals surface area contributed by atoms with E-state index in [2.05, 4.69) is 10.1 Å². The third kappa shape index (κ3) is 3.41. The van der Waals surface area contributed by atoms with Gasteiger partial charge in [0.1, 0.15) is 0 Å². The third-order valence-electron chi connectivity index (χ3n) is 2.54. The molecule has 0 aliphatic rings. The van der Waals surface area contributed by atoms with Gasteiger partial charge in [-0.05, 0) is 32.5 Å². The van der Waals surface area contributed by atoms with Gasteiger partial charge in [-0.2, -0.15) is 4.98 Å². The molecule has 0 aliphatic heterocycles.